The van der Waals surface area contributed by atoms with Crippen molar-refractivity contribution < 1.29 is 9.53 Å². The molecule has 0 aromatic heterocycles. The van der Waals surface area contributed by atoms with Crippen LogP contribution in [0.3, 0.4) is 0 Å². The van der Waals surface area contributed by atoms with Crippen molar-refractivity contribution in [3.63, 3.8) is 0 Å². The van der Waals surface area contributed by atoms with Gasteiger partial charge in [-0.05, 0) is 37.7 Å². The van der Waals surface area contributed by atoms with Crippen molar-refractivity contribution >= 4 is 6.09 Å². The highest BCUT2D eigenvalue weighted by molar-refractivity contribution is 5.69. The van der Waals surface area contributed by atoms with E-state index in [1.165, 1.54) is 0 Å². The zero-order chi connectivity index (χ0) is 14.7. The highest BCUT2D eigenvalue weighted by atomic mass is 16.6. The number of nitriles is 1. The van der Waals surface area contributed by atoms with E-state index in [-0.39, 0.29) is 24.1 Å². The number of carbonyl (C=O) groups is 1. The molecule has 1 aromatic rings. The maximum atomic E-state index is 12.4. The Labute approximate surface area is 125 Å². The summed E-state index contributed by atoms with van der Waals surface area (Å²) in [5.74, 6) is 0.0958. The van der Waals surface area contributed by atoms with Crippen LogP contribution in [0.1, 0.15) is 37.7 Å². The van der Waals surface area contributed by atoms with Crippen molar-refractivity contribution in [1.29, 1.82) is 5.26 Å². The van der Waals surface area contributed by atoms with Crippen LogP contribution in [0.15, 0.2) is 30.3 Å². The van der Waals surface area contributed by atoms with Crippen LogP contribution in [0.4, 0.5) is 4.79 Å². The second kappa shape index (κ2) is 6.17. The smallest absolute Gasteiger partial charge is 0.410 e. The molecule has 110 valence electrons. The molecule has 2 atom stereocenters. The SMILES string of the molecule is N#CC1CC2CCCC(C1)N2C(=O)OCc1ccccc1. The molecule has 1 aromatic carbocycles. The van der Waals surface area contributed by atoms with Gasteiger partial charge in [0.1, 0.15) is 6.61 Å². The largest absolute Gasteiger partial charge is 0.445 e. The summed E-state index contributed by atoms with van der Waals surface area (Å²) in [6, 6.07) is 12.5. The third-order valence-corrected chi connectivity index (χ3v) is 4.57. The minimum Gasteiger partial charge on any atom is -0.445 e. The number of nitrogens with zero attached hydrogens (tertiary/aromatic N) is 2. The molecule has 2 aliphatic rings. The van der Waals surface area contributed by atoms with Crippen LogP contribution in [0.25, 0.3) is 0 Å². The summed E-state index contributed by atoms with van der Waals surface area (Å²) in [4.78, 5) is 14.3. The number of hydrogen-bond acceptors (Lipinski definition) is 3. The molecule has 2 saturated heterocycles. The Morgan fingerprint density at radius 3 is 2.52 bits per heavy atom. The average Bonchev–Trinajstić information content (AvgIpc) is 2.52. The summed E-state index contributed by atoms with van der Waals surface area (Å²) in [5.41, 5.74) is 1.00. The molecule has 0 radical (unpaired) electrons. The molecule has 4 heteroatoms. The van der Waals surface area contributed by atoms with Gasteiger partial charge in [-0.3, -0.25) is 0 Å². The van der Waals surface area contributed by atoms with E-state index in [4.69, 9.17) is 10.00 Å². The molecule has 2 heterocycles. The second-order valence-electron chi connectivity index (χ2n) is 5.98. The molecule has 21 heavy (non-hydrogen) atoms. The second-order valence-corrected chi connectivity index (χ2v) is 5.98. The first-order valence-electron chi connectivity index (χ1n) is 7.66. The lowest BCUT2D eigenvalue weighted by Crippen LogP contribution is -2.54. The predicted molar refractivity (Wildman–Crippen MR) is 78.2 cm³/mol. The van der Waals surface area contributed by atoms with Crippen LogP contribution in [-0.2, 0) is 11.3 Å². The van der Waals surface area contributed by atoms with Crippen LogP contribution >= 0.6 is 0 Å². The van der Waals surface area contributed by atoms with Gasteiger partial charge in [-0.15, -0.1) is 0 Å². The van der Waals surface area contributed by atoms with E-state index in [1.807, 2.05) is 35.2 Å². The summed E-state index contributed by atoms with van der Waals surface area (Å²) in [5, 5.41) is 9.14. The molecule has 0 N–H and O–H groups in total. The van der Waals surface area contributed by atoms with E-state index in [1.54, 1.807) is 0 Å². The predicted octanol–water partition coefficient (Wildman–Crippen LogP) is 3.48. The molecular formula is C17H20N2O2. The first kappa shape index (κ1) is 13.9. The zero-order valence-electron chi connectivity index (χ0n) is 12.1. The van der Waals surface area contributed by atoms with E-state index >= 15 is 0 Å². The van der Waals surface area contributed by atoms with Crippen molar-refractivity contribution in [2.24, 2.45) is 5.92 Å². The zero-order valence-corrected chi connectivity index (χ0v) is 12.1. The van der Waals surface area contributed by atoms with Crippen LogP contribution in [0.5, 0.6) is 0 Å². The summed E-state index contributed by atoms with van der Waals surface area (Å²) < 4.78 is 5.48. The third kappa shape index (κ3) is 3.02. The van der Waals surface area contributed by atoms with Crippen LogP contribution < -0.4 is 0 Å². The van der Waals surface area contributed by atoms with Crippen LogP contribution in [0.2, 0.25) is 0 Å². The summed E-state index contributed by atoms with van der Waals surface area (Å²) in [6.07, 6.45) is 4.52. The lowest BCUT2D eigenvalue weighted by Gasteiger charge is -2.46. The van der Waals surface area contributed by atoms with Gasteiger partial charge in [-0.1, -0.05) is 30.3 Å². The Kier molecular flexibility index (Phi) is 4.10. The maximum Gasteiger partial charge on any atom is 0.410 e. The molecule has 2 bridgehead atoms. The van der Waals surface area contributed by atoms with Crippen molar-refractivity contribution in [2.75, 3.05) is 0 Å². The molecule has 2 aliphatic heterocycles. The molecule has 0 saturated carbocycles. The fraction of sp³-hybridized carbons (Fsp3) is 0.529. The normalized spacial score (nSPS) is 27.8. The number of ether oxygens (including phenoxy) is 1. The average molecular weight is 284 g/mol. The molecule has 3 rings (SSSR count). The number of benzene rings is 1. The summed E-state index contributed by atoms with van der Waals surface area (Å²) >= 11 is 0. The first-order chi connectivity index (χ1) is 10.3. The topological polar surface area (TPSA) is 53.3 Å². The number of carbonyl (C=O) groups excluding carboxylic acids is 1. The van der Waals surface area contributed by atoms with E-state index in [2.05, 4.69) is 6.07 Å². The molecular weight excluding hydrogens is 264 g/mol. The minimum absolute atomic E-state index is 0.0958. The third-order valence-electron chi connectivity index (χ3n) is 4.57. The van der Waals surface area contributed by atoms with E-state index in [9.17, 15) is 4.79 Å². The van der Waals surface area contributed by atoms with E-state index in [0.29, 0.717) is 6.61 Å². The first-order valence-corrected chi connectivity index (χ1v) is 7.66. The number of piperidine rings is 2. The Balaban J connectivity index is 1.63. The fourth-order valence-corrected chi connectivity index (χ4v) is 3.58. The maximum absolute atomic E-state index is 12.4. The van der Waals surface area contributed by atoms with Gasteiger partial charge in [0, 0.05) is 12.1 Å². The Morgan fingerprint density at radius 1 is 1.24 bits per heavy atom. The molecule has 1 amide bonds. The van der Waals surface area contributed by atoms with Crippen molar-refractivity contribution in [3.05, 3.63) is 35.9 Å². The highest BCUT2D eigenvalue weighted by Gasteiger charge is 2.41. The van der Waals surface area contributed by atoms with Crippen molar-refractivity contribution in [2.45, 2.75) is 50.8 Å². The van der Waals surface area contributed by atoms with Gasteiger partial charge in [0.05, 0.1) is 12.0 Å². The molecule has 0 spiro atoms. The summed E-state index contributed by atoms with van der Waals surface area (Å²) in [7, 11) is 0. The number of rotatable bonds is 2. The van der Waals surface area contributed by atoms with Gasteiger partial charge < -0.3 is 9.64 Å². The lowest BCUT2D eigenvalue weighted by atomic mass is 9.79. The van der Waals surface area contributed by atoms with Crippen molar-refractivity contribution in [3.8, 4) is 6.07 Å². The van der Waals surface area contributed by atoms with Gasteiger partial charge in [-0.25, -0.2) is 4.79 Å². The van der Waals surface area contributed by atoms with Crippen LogP contribution in [-0.4, -0.2) is 23.1 Å². The fourth-order valence-electron chi connectivity index (χ4n) is 3.58. The Hall–Kier alpha value is -2.02. The Bertz CT molecular complexity index is 523. The standard InChI is InChI=1S/C17H20N2O2/c18-11-14-9-15-7-4-8-16(10-14)19(15)17(20)21-12-13-5-2-1-3-6-13/h1-3,5-6,14-16H,4,7-10,12H2. The van der Waals surface area contributed by atoms with Gasteiger partial charge >= 0.3 is 6.09 Å². The van der Waals surface area contributed by atoms with Gasteiger partial charge in [-0.2, -0.15) is 5.26 Å². The molecule has 2 fully saturated rings. The minimum atomic E-state index is -0.218. The number of fused-ring (bicyclic) bond motifs is 2. The molecule has 2 unspecified atom stereocenters. The molecule has 4 nitrogen and oxygen atoms in total. The lowest BCUT2D eigenvalue weighted by molar-refractivity contribution is 0.0108. The number of hydrogen-bond donors (Lipinski definition) is 0. The monoisotopic (exact) mass is 284 g/mol. The highest BCUT2D eigenvalue weighted by Crippen LogP contribution is 2.37. The van der Waals surface area contributed by atoms with Crippen LogP contribution in [0, 0.1) is 17.2 Å². The Morgan fingerprint density at radius 2 is 1.90 bits per heavy atom. The number of amides is 1. The van der Waals surface area contributed by atoms with Gasteiger partial charge in [0.25, 0.3) is 0 Å². The van der Waals surface area contributed by atoms with Gasteiger partial charge in [0.2, 0.25) is 0 Å². The van der Waals surface area contributed by atoms with Crippen molar-refractivity contribution in [1.82, 2.24) is 4.90 Å². The van der Waals surface area contributed by atoms with E-state index in [0.717, 1.165) is 37.7 Å². The summed E-state index contributed by atoms with van der Waals surface area (Å²) in [6.45, 7) is 0.317. The molecule has 0 aliphatic carbocycles. The quantitative estimate of drug-likeness (QED) is 0.835. The van der Waals surface area contributed by atoms with Gasteiger partial charge in [0.15, 0.2) is 0 Å². The van der Waals surface area contributed by atoms with E-state index < -0.39 is 0 Å².